The maximum absolute atomic E-state index is 12.4. The molecule has 7 nitrogen and oxygen atoms in total. The fraction of sp³-hybridized carbons (Fsp3) is 0.316. The number of carbonyl (C=O) groups is 3. The number of fused-ring (bicyclic) bond motifs is 1. The monoisotopic (exact) mass is 388 g/mol. The summed E-state index contributed by atoms with van der Waals surface area (Å²) in [6.45, 7) is 3.54. The first-order valence-electron chi connectivity index (χ1n) is 8.66. The number of thiophene rings is 1. The molecule has 2 amide bonds. The van der Waals surface area contributed by atoms with E-state index in [4.69, 9.17) is 9.47 Å². The third kappa shape index (κ3) is 4.11. The molecular formula is C19H20N2O5S. The van der Waals surface area contributed by atoms with Crippen LogP contribution in [0.25, 0.3) is 10.1 Å². The Kier molecular flexibility index (Phi) is 5.75. The second-order valence-electron chi connectivity index (χ2n) is 5.90. The number of benzene rings is 1. The van der Waals surface area contributed by atoms with Gasteiger partial charge in [0, 0.05) is 4.70 Å². The molecule has 0 fully saturated rings. The minimum absolute atomic E-state index is 0.210. The summed E-state index contributed by atoms with van der Waals surface area (Å²) >= 11 is 1.33. The molecule has 1 aliphatic heterocycles. The van der Waals surface area contributed by atoms with E-state index in [1.165, 1.54) is 11.3 Å². The van der Waals surface area contributed by atoms with E-state index in [2.05, 4.69) is 10.6 Å². The summed E-state index contributed by atoms with van der Waals surface area (Å²) in [6, 6.07) is 8.48. The zero-order valence-corrected chi connectivity index (χ0v) is 15.9. The van der Waals surface area contributed by atoms with E-state index in [1.807, 2.05) is 31.2 Å². The van der Waals surface area contributed by atoms with Crippen LogP contribution in [-0.4, -0.2) is 37.2 Å². The zero-order valence-electron chi connectivity index (χ0n) is 15.0. The molecule has 3 rings (SSSR count). The van der Waals surface area contributed by atoms with Gasteiger partial charge >= 0.3 is 18.0 Å². The molecule has 142 valence electrons. The summed E-state index contributed by atoms with van der Waals surface area (Å²) in [5.41, 5.74) is 0.529. The lowest BCUT2D eigenvalue weighted by molar-refractivity contribution is -0.139. The molecule has 0 aliphatic carbocycles. The van der Waals surface area contributed by atoms with Crippen LogP contribution in [0.5, 0.6) is 0 Å². The first kappa shape index (κ1) is 18.9. The van der Waals surface area contributed by atoms with Crippen molar-refractivity contribution in [2.24, 2.45) is 0 Å². The summed E-state index contributed by atoms with van der Waals surface area (Å²) in [5.74, 6) is -1.04. The van der Waals surface area contributed by atoms with Crippen molar-refractivity contribution < 1.29 is 23.9 Å². The number of rotatable bonds is 6. The Balaban J connectivity index is 1.80. The molecule has 0 saturated heterocycles. The number of nitrogens with one attached hydrogen (secondary N) is 2. The third-order valence-electron chi connectivity index (χ3n) is 4.12. The Hall–Kier alpha value is -2.87. The van der Waals surface area contributed by atoms with Gasteiger partial charge in [-0.05, 0) is 30.9 Å². The minimum Gasteiger partial charge on any atom is -0.463 e. The number of ether oxygens (including phenoxy) is 2. The Bertz CT molecular complexity index is 885. The summed E-state index contributed by atoms with van der Waals surface area (Å²) in [6.07, 6.45) is 0.509. The maximum Gasteiger partial charge on any atom is 0.348 e. The predicted octanol–water partition coefficient (Wildman–Crippen LogP) is 2.97. The van der Waals surface area contributed by atoms with Gasteiger partial charge in [-0.25, -0.2) is 14.4 Å². The van der Waals surface area contributed by atoms with Crippen molar-refractivity contribution in [3.8, 4) is 0 Å². The van der Waals surface area contributed by atoms with Crippen LogP contribution in [0, 0.1) is 0 Å². The highest BCUT2D eigenvalue weighted by molar-refractivity contribution is 7.20. The first-order chi connectivity index (χ1) is 13.0. The molecular weight excluding hydrogens is 368 g/mol. The molecule has 27 heavy (non-hydrogen) atoms. The van der Waals surface area contributed by atoms with Crippen molar-refractivity contribution in [2.45, 2.75) is 26.3 Å². The first-order valence-corrected chi connectivity index (χ1v) is 9.48. The average molecular weight is 388 g/mol. The van der Waals surface area contributed by atoms with Crippen LogP contribution < -0.4 is 10.6 Å². The molecule has 0 unspecified atom stereocenters. The molecule has 8 heteroatoms. The van der Waals surface area contributed by atoms with Gasteiger partial charge in [0.15, 0.2) is 0 Å². The summed E-state index contributed by atoms with van der Waals surface area (Å²) in [7, 11) is 0. The van der Waals surface area contributed by atoms with Crippen molar-refractivity contribution in [3.63, 3.8) is 0 Å². The lowest BCUT2D eigenvalue weighted by atomic mass is 10.0. The van der Waals surface area contributed by atoms with Crippen LogP contribution in [0.4, 0.5) is 4.79 Å². The predicted molar refractivity (Wildman–Crippen MR) is 102 cm³/mol. The lowest BCUT2D eigenvalue weighted by Gasteiger charge is -2.28. The number of amides is 2. The van der Waals surface area contributed by atoms with Gasteiger partial charge in [-0.3, -0.25) is 0 Å². The van der Waals surface area contributed by atoms with E-state index in [-0.39, 0.29) is 24.5 Å². The minimum atomic E-state index is -0.537. The van der Waals surface area contributed by atoms with Gasteiger partial charge in [0.1, 0.15) is 11.5 Å². The largest absolute Gasteiger partial charge is 0.463 e. The maximum atomic E-state index is 12.4. The van der Waals surface area contributed by atoms with Crippen LogP contribution in [0.15, 0.2) is 41.6 Å². The zero-order chi connectivity index (χ0) is 19.4. The Morgan fingerprint density at radius 1 is 1.15 bits per heavy atom. The number of hydrogen-bond acceptors (Lipinski definition) is 6. The van der Waals surface area contributed by atoms with E-state index in [0.29, 0.717) is 11.3 Å². The Morgan fingerprint density at radius 2 is 1.93 bits per heavy atom. The van der Waals surface area contributed by atoms with E-state index in [0.717, 1.165) is 10.1 Å². The van der Waals surface area contributed by atoms with Gasteiger partial charge in [0.2, 0.25) is 0 Å². The summed E-state index contributed by atoms with van der Waals surface area (Å²) in [5, 5.41) is 6.19. The second-order valence-corrected chi connectivity index (χ2v) is 6.98. The van der Waals surface area contributed by atoms with Gasteiger partial charge < -0.3 is 20.1 Å². The van der Waals surface area contributed by atoms with Gasteiger partial charge in [-0.2, -0.15) is 0 Å². The van der Waals surface area contributed by atoms with E-state index < -0.39 is 24.0 Å². The van der Waals surface area contributed by atoms with Crippen molar-refractivity contribution in [3.05, 3.63) is 46.5 Å². The Morgan fingerprint density at radius 3 is 2.63 bits per heavy atom. The smallest absolute Gasteiger partial charge is 0.348 e. The van der Waals surface area contributed by atoms with E-state index in [1.54, 1.807) is 13.0 Å². The van der Waals surface area contributed by atoms with Crippen LogP contribution >= 0.6 is 11.3 Å². The van der Waals surface area contributed by atoms with Crippen molar-refractivity contribution in [1.29, 1.82) is 0 Å². The van der Waals surface area contributed by atoms with Gasteiger partial charge in [0.25, 0.3) is 0 Å². The number of urea groups is 1. The summed E-state index contributed by atoms with van der Waals surface area (Å²) < 4.78 is 11.4. The van der Waals surface area contributed by atoms with E-state index in [9.17, 15) is 14.4 Å². The second kappa shape index (κ2) is 8.22. The Labute approximate surface area is 160 Å². The number of esters is 2. The fourth-order valence-corrected chi connectivity index (χ4v) is 3.82. The fourth-order valence-electron chi connectivity index (χ4n) is 2.87. The average Bonchev–Trinajstić information content (AvgIpc) is 3.10. The van der Waals surface area contributed by atoms with Crippen LogP contribution in [0.3, 0.4) is 0 Å². The molecule has 1 aliphatic rings. The standard InChI is InChI=1S/C19H20N2O5S/c1-3-12-16(18(23)25-4-2)13(21-19(24)20-12)10-26-17(22)15-9-11-7-5-6-8-14(11)27-15/h5-9,12H,3-4,10H2,1-2H3,(H2,20,21,24)/t12-/m0/s1. The molecule has 2 N–H and O–H groups in total. The van der Waals surface area contributed by atoms with Crippen molar-refractivity contribution >= 4 is 39.4 Å². The van der Waals surface area contributed by atoms with Crippen molar-refractivity contribution in [1.82, 2.24) is 10.6 Å². The molecule has 0 bridgehead atoms. The normalized spacial score (nSPS) is 16.7. The molecule has 1 aromatic heterocycles. The van der Waals surface area contributed by atoms with E-state index >= 15 is 0 Å². The molecule has 0 radical (unpaired) electrons. The third-order valence-corrected chi connectivity index (χ3v) is 5.22. The lowest BCUT2D eigenvalue weighted by Crippen LogP contribution is -2.51. The highest BCUT2D eigenvalue weighted by Crippen LogP contribution is 2.26. The highest BCUT2D eigenvalue weighted by Gasteiger charge is 2.32. The van der Waals surface area contributed by atoms with Gasteiger partial charge in [-0.15, -0.1) is 11.3 Å². The molecule has 0 spiro atoms. The molecule has 0 saturated carbocycles. The van der Waals surface area contributed by atoms with Gasteiger partial charge in [-0.1, -0.05) is 25.1 Å². The number of carbonyl (C=O) groups excluding carboxylic acids is 3. The van der Waals surface area contributed by atoms with Crippen molar-refractivity contribution in [2.75, 3.05) is 13.2 Å². The molecule has 2 heterocycles. The molecule has 2 aromatic rings. The molecule has 1 atom stereocenters. The van der Waals surface area contributed by atoms with Crippen LogP contribution in [0.2, 0.25) is 0 Å². The summed E-state index contributed by atoms with van der Waals surface area (Å²) in [4.78, 5) is 37.0. The van der Waals surface area contributed by atoms with Crippen LogP contribution in [-0.2, 0) is 14.3 Å². The SMILES string of the molecule is CCOC(=O)C1=C(COC(=O)c2cc3ccccc3s2)NC(=O)N[C@H]1CC. The quantitative estimate of drug-likeness (QED) is 0.742. The molecule has 1 aromatic carbocycles. The van der Waals surface area contributed by atoms with Gasteiger partial charge in [0.05, 0.1) is 23.9 Å². The highest BCUT2D eigenvalue weighted by atomic mass is 32.1. The van der Waals surface area contributed by atoms with Crippen LogP contribution in [0.1, 0.15) is 29.9 Å². The number of hydrogen-bond donors (Lipinski definition) is 2. The topological polar surface area (TPSA) is 93.7 Å².